The normalized spacial score (nSPS) is 14.2. The van der Waals surface area contributed by atoms with Gasteiger partial charge < -0.3 is 9.47 Å². The summed E-state index contributed by atoms with van der Waals surface area (Å²) >= 11 is 0. The molecule has 0 spiro atoms. The lowest BCUT2D eigenvalue weighted by Crippen LogP contribution is -2.39. The molecule has 1 amide bonds. The third-order valence-corrected chi connectivity index (χ3v) is 3.03. The average molecular weight is 251 g/mol. The molecule has 0 saturated heterocycles. The predicted molar refractivity (Wildman–Crippen MR) is 65.6 cm³/mol. The lowest BCUT2D eigenvalue weighted by atomic mass is 9.84. The Morgan fingerprint density at radius 3 is 2.61 bits per heavy atom. The SMILES string of the molecule is CONC(=O)C(C)(C)c1ccc2c(c1)OCCO2. The van der Waals surface area contributed by atoms with E-state index in [1.54, 1.807) is 0 Å². The van der Waals surface area contributed by atoms with Crippen molar-refractivity contribution in [1.82, 2.24) is 5.48 Å². The van der Waals surface area contributed by atoms with Crippen LogP contribution in [0, 0.1) is 0 Å². The third kappa shape index (κ3) is 2.26. The molecule has 2 rings (SSSR count). The molecule has 0 aromatic heterocycles. The fraction of sp³-hybridized carbons (Fsp3) is 0.462. The van der Waals surface area contributed by atoms with Crippen LogP contribution >= 0.6 is 0 Å². The summed E-state index contributed by atoms with van der Waals surface area (Å²) in [6, 6.07) is 5.53. The lowest BCUT2D eigenvalue weighted by molar-refractivity contribution is -0.136. The minimum atomic E-state index is -0.703. The van der Waals surface area contributed by atoms with Gasteiger partial charge in [0.15, 0.2) is 11.5 Å². The summed E-state index contributed by atoms with van der Waals surface area (Å²) in [7, 11) is 1.41. The molecular formula is C13H17NO4. The van der Waals surface area contributed by atoms with Gasteiger partial charge in [-0.3, -0.25) is 9.63 Å². The quantitative estimate of drug-likeness (QED) is 0.825. The zero-order chi connectivity index (χ0) is 13.2. The summed E-state index contributed by atoms with van der Waals surface area (Å²) in [4.78, 5) is 16.6. The number of carbonyl (C=O) groups is 1. The van der Waals surface area contributed by atoms with Crippen LogP contribution in [0.1, 0.15) is 19.4 Å². The van der Waals surface area contributed by atoms with Gasteiger partial charge in [-0.2, -0.15) is 0 Å². The molecule has 18 heavy (non-hydrogen) atoms. The highest BCUT2D eigenvalue weighted by Gasteiger charge is 2.31. The minimum Gasteiger partial charge on any atom is -0.486 e. The maximum Gasteiger partial charge on any atom is 0.253 e. The Bertz CT molecular complexity index is 456. The second kappa shape index (κ2) is 4.86. The van der Waals surface area contributed by atoms with Crippen LogP contribution in [0.15, 0.2) is 18.2 Å². The van der Waals surface area contributed by atoms with Gasteiger partial charge in [0.05, 0.1) is 12.5 Å². The minimum absolute atomic E-state index is 0.207. The van der Waals surface area contributed by atoms with Crippen LogP contribution in [0.4, 0.5) is 0 Å². The molecular weight excluding hydrogens is 234 g/mol. The summed E-state index contributed by atoms with van der Waals surface area (Å²) in [5, 5.41) is 0. The van der Waals surface area contributed by atoms with Crippen LogP contribution in [-0.2, 0) is 15.0 Å². The van der Waals surface area contributed by atoms with E-state index < -0.39 is 5.41 Å². The summed E-state index contributed by atoms with van der Waals surface area (Å²) in [6.45, 7) is 4.74. The van der Waals surface area contributed by atoms with Crippen LogP contribution in [0.2, 0.25) is 0 Å². The molecule has 0 unspecified atom stereocenters. The van der Waals surface area contributed by atoms with E-state index >= 15 is 0 Å². The molecule has 1 N–H and O–H groups in total. The van der Waals surface area contributed by atoms with E-state index in [0.29, 0.717) is 24.7 Å². The number of carbonyl (C=O) groups excluding carboxylic acids is 1. The van der Waals surface area contributed by atoms with Crippen molar-refractivity contribution in [2.75, 3.05) is 20.3 Å². The van der Waals surface area contributed by atoms with E-state index in [4.69, 9.17) is 9.47 Å². The number of hydroxylamine groups is 1. The smallest absolute Gasteiger partial charge is 0.253 e. The molecule has 0 saturated carbocycles. The van der Waals surface area contributed by atoms with Gasteiger partial charge in [-0.25, -0.2) is 5.48 Å². The van der Waals surface area contributed by atoms with Gasteiger partial charge in [0.2, 0.25) is 0 Å². The standard InChI is InChI=1S/C13H17NO4/c1-13(2,12(15)14-16-3)9-4-5-10-11(8-9)18-7-6-17-10/h4-5,8H,6-7H2,1-3H3,(H,14,15). The van der Waals surface area contributed by atoms with Gasteiger partial charge in [0, 0.05) is 0 Å². The third-order valence-electron chi connectivity index (χ3n) is 3.03. The van der Waals surface area contributed by atoms with Crippen molar-refractivity contribution >= 4 is 5.91 Å². The molecule has 0 fully saturated rings. The summed E-state index contributed by atoms with van der Waals surface area (Å²) in [5.41, 5.74) is 2.50. The Balaban J connectivity index is 2.30. The van der Waals surface area contributed by atoms with Crippen molar-refractivity contribution in [2.45, 2.75) is 19.3 Å². The molecule has 1 heterocycles. The zero-order valence-electron chi connectivity index (χ0n) is 10.8. The molecule has 0 aliphatic carbocycles. The first kappa shape index (κ1) is 12.7. The topological polar surface area (TPSA) is 56.8 Å². The van der Waals surface area contributed by atoms with Crippen LogP contribution in [-0.4, -0.2) is 26.2 Å². The van der Waals surface area contributed by atoms with Crippen LogP contribution in [0.25, 0.3) is 0 Å². The number of nitrogens with one attached hydrogen (secondary N) is 1. The highest BCUT2D eigenvalue weighted by atomic mass is 16.6. The molecule has 5 heteroatoms. The largest absolute Gasteiger partial charge is 0.486 e. The van der Waals surface area contributed by atoms with E-state index in [1.165, 1.54) is 7.11 Å². The van der Waals surface area contributed by atoms with Gasteiger partial charge in [0.25, 0.3) is 5.91 Å². The van der Waals surface area contributed by atoms with Crippen LogP contribution in [0.3, 0.4) is 0 Å². The molecule has 0 atom stereocenters. The van der Waals surface area contributed by atoms with E-state index in [1.807, 2.05) is 32.0 Å². The molecule has 0 bridgehead atoms. The van der Waals surface area contributed by atoms with Crippen molar-refractivity contribution in [1.29, 1.82) is 0 Å². The number of hydrogen-bond donors (Lipinski definition) is 1. The maximum atomic E-state index is 11.9. The second-order valence-electron chi connectivity index (χ2n) is 4.62. The fourth-order valence-corrected chi connectivity index (χ4v) is 1.78. The molecule has 1 aliphatic rings. The number of rotatable bonds is 3. The number of hydrogen-bond acceptors (Lipinski definition) is 4. The van der Waals surface area contributed by atoms with Crippen molar-refractivity contribution in [3.63, 3.8) is 0 Å². The summed E-state index contributed by atoms with van der Waals surface area (Å²) in [5.74, 6) is 1.19. The summed E-state index contributed by atoms with van der Waals surface area (Å²) < 4.78 is 11.0. The van der Waals surface area contributed by atoms with E-state index in [0.717, 1.165) is 5.56 Å². The molecule has 1 aromatic carbocycles. The van der Waals surface area contributed by atoms with Crippen LogP contribution < -0.4 is 15.0 Å². The number of fused-ring (bicyclic) bond motifs is 1. The maximum absolute atomic E-state index is 11.9. The Morgan fingerprint density at radius 2 is 1.94 bits per heavy atom. The Labute approximate surface area is 106 Å². The lowest BCUT2D eigenvalue weighted by Gasteiger charge is -2.26. The summed E-state index contributed by atoms with van der Waals surface area (Å²) in [6.07, 6.45) is 0. The first-order valence-electron chi connectivity index (χ1n) is 5.79. The predicted octanol–water partition coefficient (Wildman–Crippen LogP) is 1.41. The molecule has 5 nitrogen and oxygen atoms in total. The average Bonchev–Trinajstić information content (AvgIpc) is 2.38. The van der Waals surface area contributed by atoms with Gasteiger partial charge in [-0.05, 0) is 31.5 Å². The Kier molecular flexibility index (Phi) is 3.43. The zero-order valence-corrected chi connectivity index (χ0v) is 10.8. The van der Waals surface area contributed by atoms with Crippen molar-refractivity contribution < 1.29 is 19.1 Å². The first-order chi connectivity index (χ1) is 8.55. The number of ether oxygens (including phenoxy) is 2. The molecule has 1 aromatic rings. The van der Waals surface area contributed by atoms with E-state index in [9.17, 15) is 4.79 Å². The highest BCUT2D eigenvalue weighted by Crippen LogP contribution is 2.35. The van der Waals surface area contributed by atoms with E-state index in [2.05, 4.69) is 10.3 Å². The van der Waals surface area contributed by atoms with Gasteiger partial charge in [0.1, 0.15) is 13.2 Å². The van der Waals surface area contributed by atoms with Gasteiger partial charge in [-0.1, -0.05) is 6.07 Å². The Hall–Kier alpha value is -1.75. The van der Waals surface area contributed by atoms with Gasteiger partial charge >= 0.3 is 0 Å². The van der Waals surface area contributed by atoms with E-state index in [-0.39, 0.29) is 5.91 Å². The van der Waals surface area contributed by atoms with Crippen molar-refractivity contribution in [2.24, 2.45) is 0 Å². The molecule has 98 valence electrons. The van der Waals surface area contributed by atoms with Crippen LogP contribution in [0.5, 0.6) is 11.5 Å². The monoisotopic (exact) mass is 251 g/mol. The van der Waals surface area contributed by atoms with Crippen molar-refractivity contribution in [3.05, 3.63) is 23.8 Å². The fourth-order valence-electron chi connectivity index (χ4n) is 1.78. The Morgan fingerprint density at radius 1 is 1.28 bits per heavy atom. The number of benzene rings is 1. The van der Waals surface area contributed by atoms with Gasteiger partial charge in [-0.15, -0.1) is 0 Å². The number of amides is 1. The molecule has 1 aliphatic heterocycles. The second-order valence-corrected chi connectivity index (χ2v) is 4.62. The molecule has 0 radical (unpaired) electrons. The first-order valence-corrected chi connectivity index (χ1v) is 5.79. The highest BCUT2D eigenvalue weighted by molar-refractivity contribution is 5.86. The van der Waals surface area contributed by atoms with Crippen molar-refractivity contribution in [3.8, 4) is 11.5 Å².